The Kier molecular flexibility index (Phi) is 3.80. The molecular weight excluding hydrogens is 214 g/mol. The number of carbonyl (C=O) groups is 1. The van der Waals surface area contributed by atoms with Crippen LogP contribution in [0.2, 0.25) is 0 Å². The first-order chi connectivity index (χ1) is 6.96. The van der Waals surface area contributed by atoms with Crippen molar-refractivity contribution in [2.24, 2.45) is 5.41 Å². The van der Waals surface area contributed by atoms with Gasteiger partial charge in [-0.2, -0.15) is 0 Å². The van der Waals surface area contributed by atoms with Crippen LogP contribution in [-0.4, -0.2) is 18.3 Å². The molecule has 1 N–H and O–H groups in total. The van der Waals surface area contributed by atoms with Gasteiger partial charge in [-0.1, -0.05) is 13.8 Å². The molecule has 0 radical (unpaired) electrons. The summed E-state index contributed by atoms with van der Waals surface area (Å²) in [6, 6.07) is 1.77. The fourth-order valence-corrected chi connectivity index (χ4v) is 1.15. The normalized spacial score (nSPS) is 11.5. The third-order valence-electron chi connectivity index (χ3n) is 2.16. The van der Waals surface area contributed by atoms with Crippen LogP contribution in [0.1, 0.15) is 30.0 Å². The maximum absolute atomic E-state index is 11.6. The van der Waals surface area contributed by atoms with Gasteiger partial charge in [-0.25, -0.2) is 0 Å². The van der Waals surface area contributed by atoms with Crippen LogP contribution in [0.4, 0.5) is 0 Å². The second-order valence-electron chi connectivity index (χ2n) is 4.41. The van der Waals surface area contributed by atoms with Gasteiger partial charge in [-0.3, -0.25) is 4.79 Å². The molecule has 0 aliphatic rings. The topological polar surface area (TPSA) is 42.2 Å². The van der Waals surface area contributed by atoms with E-state index in [4.69, 9.17) is 16.0 Å². The van der Waals surface area contributed by atoms with Gasteiger partial charge in [0.05, 0.1) is 6.26 Å². The third kappa shape index (κ3) is 3.27. The number of hydrogen-bond acceptors (Lipinski definition) is 2. The molecule has 1 rings (SSSR count). The molecule has 4 heteroatoms. The molecule has 1 amide bonds. The van der Waals surface area contributed by atoms with Gasteiger partial charge < -0.3 is 9.73 Å². The monoisotopic (exact) mass is 229 g/mol. The zero-order chi connectivity index (χ0) is 11.5. The molecule has 0 atom stereocenters. The molecule has 0 bridgehead atoms. The van der Waals surface area contributed by atoms with Crippen molar-refractivity contribution < 1.29 is 9.21 Å². The van der Waals surface area contributed by atoms with Gasteiger partial charge in [0.2, 0.25) is 0 Å². The van der Waals surface area contributed by atoms with Crippen molar-refractivity contribution in [3.63, 3.8) is 0 Å². The lowest BCUT2D eigenvalue weighted by molar-refractivity contribution is 0.0911. The molecule has 0 fully saturated rings. The van der Waals surface area contributed by atoms with E-state index >= 15 is 0 Å². The Labute approximate surface area is 94.8 Å². The SMILES string of the molecule is Cc1ccoc1C(=O)NCC(C)(C)CCl. The fraction of sp³-hybridized carbons (Fsp3) is 0.545. The molecule has 84 valence electrons. The van der Waals surface area contributed by atoms with E-state index in [2.05, 4.69) is 5.32 Å². The highest BCUT2D eigenvalue weighted by molar-refractivity contribution is 6.18. The number of rotatable bonds is 4. The number of carbonyl (C=O) groups excluding carboxylic acids is 1. The Hall–Kier alpha value is -0.960. The van der Waals surface area contributed by atoms with Crippen LogP contribution in [0.15, 0.2) is 16.7 Å². The molecule has 0 spiro atoms. The lowest BCUT2D eigenvalue weighted by Gasteiger charge is -2.21. The summed E-state index contributed by atoms with van der Waals surface area (Å²) in [7, 11) is 0. The number of hydrogen-bond donors (Lipinski definition) is 1. The summed E-state index contributed by atoms with van der Waals surface area (Å²) in [6.45, 7) is 6.37. The zero-order valence-electron chi connectivity index (χ0n) is 9.26. The zero-order valence-corrected chi connectivity index (χ0v) is 10.0. The first-order valence-corrected chi connectivity index (χ1v) is 5.38. The van der Waals surface area contributed by atoms with Crippen molar-refractivity contribution in [3.05, 3.63) is 23.7 Å². The molecule has 0 aliphatic heterocycles. The van der Waals surface area contributed by atoms with E-state index in [1.807, 2.05) is 20.8 Å². The smallest absolute Gasteiger partial charge is 0.287 e. The summed E-state index contributed by atoms with van der Waals surface area (Å²) in [4.78, 5) is 11.6. The Balaban J connectivity index is 2.55. The minimum absolute atomic E-state index is 0.0995. The van der Waals surface area contributed by atoms with Crippen LogP contribution in [-0.2, 0) is 0 Å². The molecule has 1 heterocycles. The molecule has 15 heavy (non-hydrogen) atoms. The molecule has 0 saturated carbocycles. The third-order valence-corrected chi connectivity index (χ3v) is 2.88. The van der Waals surface area contributed by atoms with Crippen LogP contribution in [0.25, 0.3) is 0 Å². The predicted molar refractivity (Wildman–Crippen MR) is 60.3 cm³/mol. The second-order valence-corrected chi connectivity index (χ2v) is 4.68. The fourth-order valence-electron chi connectivity index (χ4n) is 1.05. The summed E-state index contributed by atoms with van der Waals surface area (Å²) in [5.41, 5.74) is 0.744. The minimum Gasteiger partial charge on any atom is -0.459 e. The lowest BCUT2D eigenvalue weighted by atomic mass is 9.96. The highest BCUT2D eigenvalue weighted by Crippen LogP contribution is 2.16. The maximum atomic E-state index is 11.6. The Morgan fingerprint density at radius 3 is 2.73 bits per heavy atom. The van der Waals surface area contributed by atoms with Gasteiger partial charge in [0.1, 0.15) is 0 Å². The van der Waals surface area contributed by atoms with Crippen LogP contribution in [0, 0.1) is 12.3 Å². The summed E-state index contributed by atoms with van der Waals surface area (Å²) in [6.07, 6.45) is 1.51. The molecule has 3 nitrogen and oxygen atoms in total. The van der Waals surface area contributed by atoms with Crippen molar-refractivity contribution in [2.45, 2.75) is 20.8 Å². The van der Waals surface area contributed by atoms with Gasteiger partial charge >= 0.3 is 0 Å². The molecule has 1 aromatic rings. The molecular formula is C11H16ClNO2. The number of alkyl halides is 1. The maximum Gasteiger partial charge on any atom is 0.287 e. The average molecular weight is 230 g/mol. The van der Waals surface area contributed by atoms with E-state index in [1.165, 1.54) is 6.26 Å². The van der Waals surface area contributed by atoms with Gasteiger partial charge in [0.15, 0.2) is 5.76 Å². The molecule has 0 unspecified atom stereocenters. The Bertz CT molecular complexity index is 344. The first kappa shape index (κ1) is 12.1. The molecule has 0 saturated heterocycles. The first-order valence-electron chi connectivity index (χ1n) is 4.84. The molecule has 0 aromatic carbocycles. The van der Waals surface area contributed by atoms with E-state index in [9.17, 15) is 4.79 Å². The molecule has 0 aliphatic carbocycles. The van der Waals surface area contributed by atoms with Crippen LogP contribution >= 0.6 is 11.6 Å². The minimum atomic E-state index is -0.185. The van der Waals surface area contributed by atoms with E-state index in [-0.39, 0.29) is 11.3 Å². The van der Waals surface area contributed by atoms with E-state index in [1.54, 1.807) is 6.07 Å². The Morgan fingerprint density at radius 2 is 2.27 bits per heavy atom. The van der Waals surface area contributed by atoms with Crippen LogP contribution in [0.3, 0.4) is 0 Å². The van der Waals surface area contributed by atoms with Gasteiger partial charge in [0, 0.05) is 18.0 Å². The van der Waals surface area contributed by atoms with E-state index in [0.29, 0.717) is 18.2 Å². The predicted octanol–water partition coefficient (Wildman–Crippen LogP) is 2.58. The van der Waals surface area contributed by atoms with Crippen molar-refractivity contribution in [2.75, 3.05) is 12.4 Å². The van der Waals surface area contributed by atoms with Crippen molar-refractivity contribution in [1.82, 2.24) is 5.32 Å². The van der Waals surface area contributed by atoms with Gasteiger partial charge in [-0.15, -0.1) is 11.6 Å². The van der Waals surface area contributed by atoms with Crippen LogP contribution < -0.4 is 5.32 Å². The summed E-state index contributed by atoms with van der Waals surface area (Å²) in [5.74, 6) is 0.695. The van der Waals surface area contributed by atoms with Crippen LogP contribution in [0.5, 0.6) is 0 Å². The standard InChI is InChI=1S/C11H16ClNO2/c1-8-4-5-15-9(8)10(14)13-7-11(2,3)6-12/h4-5H,6-7H2,1-3H3,(H,13,14). The van der Waals surface area contributed by atoms with E-state index < -0.39 is 0 Å². The Morgan fingerprint density at radius 1 is 1.60 bits per heavy atom. The summed E-state index contributed by atoms with van der Waals surface area (Å²) in [5, 5.41) is 2.80. The number of halogens is 1. The van der Waals surface area contributed by atoms with Crippen molar-refractivity contribution in [3.8, 4) is 0 Å². The quantitative estimate of drug-likeness (QED) is 0.807. The van der Waals surface area contributed by atoms with Crippen molar-refractivity contribution >= 4 is 17.5 Å². The average Bonchev–Trinajstić information content (AvgIpc) is 2.61. The number of nitrogens with one attached hydrogen (secondary N) is 1. The summed E-state index contributed by atoms with van der Waals surface area (Å²) < 4.78 is 5.08. The lowest BCUT2D eigenvalue weighted by Crippen LogP contribution is -2.35. The largest absolute Gasteiger partial charge is 0.459 e. The van der Waals surface area contributed by atoms with Gasteiger partial charge in [0.25, 0.3) is 5.91 Å². The van der Waals surface area contributed by atoms with Crippen molar-refractivity contribution in [1.29, 1.82) is 0 Å². The molecule has 1 aromatic heterocycles. The number of amides is 1. The number of aryl methyl sites for hydroxylation is 1. The highest BCUT2D eigenvalue weighted by atomic mass is 35.5. The second kappa shape index (κ2) is 4.71. The van der Waals surface area contributed by atoms with Gasteiger partial charge in [-0.05, 0) is 18.4 Å². The summed E-state index contributed by atoms with van der Waals surface area (Å²) >= 11 is 5.76. The van der Waals surface area contributed by atoms with E-state index in [0.717, 1.165) is 5.56 Å². The highest BCUT2D eigenvalue weighted by Gasteiger charge is 2.19. The number of furan rings is 1.